The first-order valence-corrected chi connectivity index (χ1v) is 6.08. The smallest absolute Gasteiger partial charge is 0.271 e. The summed E-state index contributed by atoms with van der Waals surface area (Å²) in [7, 11) is 0. The Morgan fingerprint density at radius 1 is 1.35 bits per heavy atom. The van der Waals surface area contributed by atoms with Gasteiger partial charge in [-0.05, 0) is 11.8 Å². The van der Waals surface area contributed by atoms with Crippen LogP contribution in [0.3, 0.4) is 0 Å². The Labute approximate surface area is 102 Å². The number of alkyl halides is 3. The molecule has 0 fully saturated rings. The van der Waals surface area contributed by atoms with Crippen LogP contribution in [0.1, 0.15) is 36.7 Å². The van der Waals surface area contributed by atoms with Crippen LogP contribution in [0.5, 0.6) is 0 Å². The van der Waals surface area contributed by atoms with Gasteiger partial charge in [0.1, 0.15) is 0 Å². The summed E-state index contributed by atoms with van der Waals surface area (Å²) in [6, 6.07) is -0.302. The molecule has 3 N–H and O–H groups in total. The second kappa shape index (κ2) is 5.32. The van der Waals surface area contributed by atoms with E-state index in [-0.39, 0.29) is 12.0 Å². The normalized spacial score (nSPS) is 16.2. The van der Waals surface area contributed by atoms with Gasteiger partial charge < -0.3 is 0 Å². The molecule has 0 radical (unpaired) electrons. The van der Waals surface area contributed by atoms with Crippen LogP contribution in [-0.4, -0.2) is 4.98 Å². The standard InChI is InChI=1S/C10H16F3N3S/c1-5(2)6(3)8(16-14)7-4-15-9(17-7)10(11,12)13/h4-6,8,16H,14H2,1-3H3. The maximum Gasteiger partial charge on any atom is 0.443 e. The van der Waals surface area contributed by atoms with Crippen LogP contribution >= 0.6 is 11.3 Å². The molecule has 2 unspecified atom stereocenters. The van der Waals surface area contributed by atoms with Gasteiger partial charge in [0.25, 0.3) is 0 Å². The molecule has 0 amide bonds. The molecular weight excluding hydrogens is 251 g/mol. The maximum absolute atomic E-state index is 12.4. The summed E-state index contributed by atoms with van der Waals surface area (Å²) >= 11 is 0.640. The highest BCUT2D eigenvalue weighted by Crippen LogP contribution is 2.37. The molecule has 0 aliphatic heterocycles. The zero-order valence-corrected chi connectivity index (χ0v) is 10.7. The largest absolute Gasteiger partial charge is 0.443 e. The molecule has 0 spiro atoms. The summed E-state index contributed by atoms with van der Waals surface area (Å²) in [5.74, 6) is 5.85. The van der Waals surface area contributed by atoms with Gasteiger partial charge >= 0.3 is 6.18 Å². The van der Waals surface area contributed by atoms with Crippen molar-refractivity contribution in [2.45, 2.75) is 33.0 Å². The third-order valence-electron chi connectivity index (χ3n) is 2.83. The number of halogens is 3. The van der Waals surface area contributed by atoms with Gasteiger partial charge in [-0.15, -0.1) is 11.3 Å². The van der Waals surface area contributed by atoms with Crippen LogP contribution < -0.4 is 11.3 Å². The highest BCUT2D eigenvalue weighted by atomic mass is 32.1. The Bertz CT molecular complexity index is 362. The maximum atomic E-state index is 12.4. The predicted molar refractivity (Wildman–Crippen MR) is 61.2 cm³/mol. The minimum absolute atomic E-state index is 0.126. The molecule has 0 aliphatic carbocycles. The van der Waals surface area contributed by atoms with Crippen LogP contribution in [0.2, 0.25) is 0 Å². The van der Waals surface area contributed by atoms with Gasteiger partial charge in [-0.2, -0.15) is 13.2 Å². The lowest BCUT2D eigenvalue weighted by atomic mass is 9.90. The summed E-state index contributed by atoms with van der Waals surface area (Å²) < 4.78 is 37.3. The molecule has 0 saturated heterocycles. The van der Waals surface area contributed by atoms with Gasteiger partial charge in [0, 0.05) is 11.1 Å². The molecule has 0 saturated carbocycles. The lowest BCUT2D eigenvalue weighted by molar-refractivity contribution is -0.137. The van der Waals surface area contributed by atoms with Crippen LogP contribution in [0.25, 0.3) is 0 Å². The number of rotatable bonds is 4. The van der Waals surface area contributed by atoms with Gasteiger partial charge in [0.2, 0.25) is 0 Å². The molecule has 1 rings (SSSR count). The van der Waals surface area contributed by atoms with Crippen molar-refractivity contribution in [3.63, 3.8) is 0 Å². The van der Waals surface area contributed by atoms with Crippen LogP contribution in [-0.2, 0) is 6.18 Å². The second-order valence-electron chi connectivity index (χ2n) is 4.31. The van der Waals surface area contributed by atoms with Crippen molar-refractivity contribution in [1.82, 2.24) is 10.4 Å². The van der Waals surface area contributed by atoms with Crippen molar-refractivity contribution in [3.8, 4) is 0 Å². The Balaban J connectivity index is 2.94. The minimum atomic E-state index is -4.39. The lowest BCUT2D eigenvalue weighted by Crippen LogP contribution is -2.33. The number of hydrazine groups is 1. The molecule has 0 aromatic carbocycles. The number of aromatic nitrogens is 1. The molecule has 1 aromatic rings. The molecule has 2 atom stereocenters. The fraction of sp³-hybridized carbons (Fsp3) is 0.700. The molecule has 3 nitrogen and oxygen atoms in total. The average Bonchev–Trinajstić information content (AvgIpc) is 2.67. The Hall–Kier alpha value is -0.660. The summed E-state index contributed by atoms with van der Waals surface area (Å²) in [5, 5.41) is -0.830. The first-order valence-electron chi connectivity index (χ1n) is 5.26. The van der Waals surface area contributed by atoms with Crippen molar-refractivity contribution in [2.75, 3.05) is 0 Å². The lowest BCUT2D eigenvalue weighted by Gasteiger charge is -2.24. The summed E-state index contributed by atoms with van der Waals surface area (Å²) in [4.78, 5) is 3.91. The molecule has 7 heteroatoms. The highest BCUT2D eigenvalue weighted by Gasteiger charge is 2.35. The Kier molecular flexibility index (Phi) is 4.51. The van der Waals surface area contributed by atoms with E-state index in [1.165, 1.54) is 6.20 Å². The fourth-order valence-electron chi connectivity index (χ4n) is 1.44. The fourth-order valence-corrected chi connectivity index (χ4v) is 2.40. The molecule has 0 bridgehead atoms. The summed E-state index contributed by atoms with van der Waals surface area (Å²) in [6.45, 7) is 5.95. The van der Waals surface area contributed by atoms with Crippen molar-refractivity contribution >= 4 is 11.3 Å². The first kappa shape index (κ1) is 14.4. The quantitative estimate of drug-likeness (QED) is 0.651. The van der Waals surface area contributed by atoms with E-state index in [0.717, 1.165) is 0 Å². The van der Waals surface area contributed by atoms with E-state index in [1.54, 1.807) is 0 Å². The SMILES string of the molecule is CC(C)C(C)C(NN)c1cnc(C(F)(F)F)s1. The van der Waals surface area contributed by atoms with E-state index in [0.29, 0.717) is 22.1 Å². The van der Waals surface area contributed by atoms with Crippen molar-refractivity contribution in [2.24, 2.45) is 17.7 Å². The third kappa shape index (κ3) is 3.40. The van der Waals surface area contributed by atoms with E-state index >= 15 is 0 Å². The number of hydrogen-bond donors (Lipinski definition) is 2. The third-order valence-corrected chi connectivity index (χ3v) is 3.95. The van der Waals surface area contributed by atoms with Gasteiger partial charge in [0.05, 0.1) is 6.04 Å². The van der Waals surface area contributed by atoms with E-state index in [2.05, 4.69) is 10.4 Å². The van der Waals surface area contributed by atoms with Gasteiger partial charge in [-0.1, -0.05) is 20.8 Å². The number of nitrogens with two attached hydrogens (primary N) is 1. The molecule has 1 heterocycles. The number of nitrogens with zero attached hydrogens (tertiary/aromatic N) is 1. The summed E-state index contributed by atoms with van der Waals surface area (Å²) in [5.41, 5.74) is 2.57. The number of nitrogens with one attached hydrogen (secondary N) is 1. The van der Waals surface area contributed by atoms with Crippen molar-refractivity contribution in [3.05, 3.63) is 16.1 Å². The van der Waals surface area contributed by atoms with Gasteiger partial charge in [-0.3, -0.25) is 11.3 Å². The van der Waals surface area contributed by atoms with Crippen molar-refractivity contribution in [1.29, 1.82) is 0 Å². The number of hydrogen-bond acceptors (Lipinski definition) is 4. The van der Waals surface area contributed by atoms with Crippen molar-refractivity contribution < 1.29 is 13.2 Å². The first-order chi connectivity index (χ1) is 7.77. The molecule has 17 heavy (non-hydrogen) atoms. The summed E-state index contributed by atoms with van der Waals surface area (Å²) in [6.07, 6.45) is -3.14. The predicted octanol–water partition coefficient (Wildman–Crippen LogP) is 2.96. The second-order valence-corrected chi connectivity index (χ2v) is 5.38. The monoisotopic (exact) mass is 267 g/mol. The van der Waals surface area contributed by atoms with Crippen LogP contribution in [0, 0.1) is 11.8 Å². The average molecular weight is 267 g/mol. The van der Waals surface area contributed by atoms with Gasteiger partial charge in [0.15, 0.2) is 5.01 Å². The van der Waals surface area contributed by atoms with E-state index in [1.807, 2.05) is 20.8 Å². The number of thiazole rings is 1. The molecular formula is C10H16F3N3S. The van der Waals surface area contributed by atoms with Gasteiger partial charge in [-0.25, -0.2) is 4.98 Å². The van der Waals surface area contributed by atoms with Crippen LogP contribution in [0.4, 0.5) is 13.2 Å². The zero-order chi connectivity index (χ0) is 13.2. The molecule has 1 aromatic heterocycles. The Morgan fingerprint density at radius 2 is 1.94 bits per heavy atom. The topological polar surface area (TPSA) is 50.9 Å². The minimum Gasteiger partial charge on any atom is -0.271 e. The molecule has 0 aliphatic rings. The zero-order valence-electron chi connectivity index (χ0n) is 9.88. The van der Waals surface area contributed by atoms with E-state index in [9.17, 15) is 13.2 Å². The van der Waals surface area contributed by atoms with E-state index < -0.39 is 11.2 Å². The van der Waals surface area contributed by atoms with Crippen LogP contribution in [0.15, 0.2) is 6.20 Å². The Morgan fingerprint density at radius 3 is 2.29 bits per heavy atom. The highest BCUT2D eigenvalue weighted by molar-refractivity contribution is 7.11. The van der Waals surface area contributed by atoms with E-state index in [4.69, 9.17) is 5.84 Å². The molecule has 98 valence electrons.